The minimum absolute atomic E-state index is 0.175. The Labute approximate surface area is 84.5 Å². The van der Waals surface area contributed by atoms with Crippen molar-refractivity contribution in [3.8, 4) is 0 Å². The molecule has 74 valence electrons. The number of alkyl halides is 3. The molecule has 1 N–H and O–H groups in total. The molecule has 0 unspecified atom stereocenters. The molecule has 8 heteroatoms. The average molecular weight is 276 g/mol. The van der Waals surface area contributed by atoms with E-state index >= 15 is 0 Å². The largest absolute Gasteiger partial charge is 0.390 e. The van der Waals surface area contributed by atoms with Crippen LogP contribution in [-0.2, 0) is 0 Å². The van der Waals surface area contributed by atoms with E-state index in [1.807, 2.05) is 0 Å². The summed E-state index contributed by atoms with van der Waals surface area (Å²) in [6.07, 6.45) is -5.00. The van der Waals surface area contributed by atoms with E-state index in [1.165, 1.54) is 0 Å². The zero-order valence-electron chi connectivity index (χ0n) is 6.23. The third-order valence-corrected chi connectivity index (χ3v) is 2.40. The molecule has 3 nitrogen and oxygen atoms in total. The number of anilines is 1. The van der Waals surface area contributed by atoms with Crippen LogP contribution in [0.2, 0.25) is 0 Å². The van der Waals surface area contributed by atoms with Crippen LogP contribution >= 0.6 is 27.3 Å². The van der Waals surface area contributed by atoms with Gasteiger partial charge in [-0.15, -0.1) is 10.2 Å². The lowest BCUT2D eigenvalue weighted by Crippen LogP contribution is -2.14. The highest BCUT2D eigenvalue weighted by Crippen LogP contribution is 2.22. The summed E-state index contributed by atoms with van der Waals surface area (Å²) in [5, 5.41) is 10.1. The molecule has 0 amide bonds. The highest BCUT2D eigenvalue weighted by Gasteiger charge is 2.26. The molecule has 13 heavy (non-hydrogen) atoms. The Morgan fingerprint density at radius 2 is 2.08 bits per heavy atom. The van der Waals surface area contributed by atoms with Gasteiger partial charge in [-0.05, 0) is 15.9 Å². The van der Waals surface area contributed by atoms with E-state index in [1.54, 1.807) is 0 Å². The minimum atomic E-state index is -4.13. The zero-order chi connectivity index (χ0) is 9.90. The molecule has 0 aromatic carbocycles. The lowest BCUT2D eigenvalue weighted by atomic mass is 10.4. The molecule has 1 aromatic heterocycles. The van der Waals surface area contributed by atoms with Crippen molar-refractivity contribution in [1.29, 1.82) is 0 Å². The van der Waals surface area contributed by atoms with E-state index in [0.717, 1.165) is 11.3 Å². The number of aromatic nitrogens is 2. The van der Waals surface area contributed by atoms with Gasteiger partial charge >= 0.3 is 6.18 Å². The van der Waals surface area contributed by atoms with E-state index in [2.05, 4.69) is 31.4 Å². The molecule has 0 aliphatic rings. The standard InChI is InChI=1S/C5H5BrF3N3S/c6-3-11-12-4(13-3)10-2-1-5(7,8)9/h1-2H2,(H,10,12). The average Bonchev–Trinajstić information content (AvgIpc) is 2.33. The van der Waals surface area contributed by atoms with Crippen LogP contribution in [0.15, 0.2) is 3.92 Å². The number of halogens is 4. The van der Waals surface area contributed by atoms with Crippen molar-refractivity contribution in [3.63, 3.8) is 0 Å². The fourth-order valence-corrected chi connectivity index (χ4v) is 1.62. The molecule has 0 aliphatic carbocycles. The van der Waals surface area contributed by atoms with Gasteiger partial charge in [-0.2, -0.15) is 13.2 Å². The summed E-state index contributed by atoms with van der Waals surface area (Å²) in [5.41, 5.74) is 0. The lowest BCUT2D eigenvalue weighted by Gasteiger charge is -2.05. The van der Waals surface area contributed by atoms with Crippen LogP contribution in [0, 0.1) is 0 Å². The van der Waals surface area contributed by atoms with Gasteiger partial charge in [0, 0.05) is 6.54 Å². The predicted octanol–water partition coefficient (Wildman–Crippen LogP) is 2.66. The first-order valence-corrected chi connectivity index (χ1v) is 4.88. The van der Waals surface area contributed by atoms with Crippen molar-refractivity contribution in [2.75, 3.05) is 11.9 Å². The summed E-state index contributed by atoms with van der Waals surface area (Å²) in [6, 6.07) is 0. The molecule has 0 fully saturated rings. The normalized spacial score (nSPS) is 11.7. The Hall–Kier alpha value is -0.370. The first kappa shape index (κ1) is 10.7. The summed E-state index contributed by atoms with van der Waals surface area (Å²) >= 11 is 4.20. The summed E-state index contributed by atoms with van der Waals surface area (Å²) in [5.74, 6) is 0. The van der Waals surface area contributed by atoms with E-state index in [-0.39, 0.29) is 6.54 Å². The second-order valence-electron chi connectivity index (χ2n) is 2.15. The number of nitrogens with zero attached hydrogens (tertiary/aromatic N) is 2. The predicted molar refractivity (Wildman–Crippen MR) is 46.8 cm³/mol. The van der Waals surface area contributed by atoms with Crippen LogP contribution in [0.1, 0.15) is 6.42 Å². The fraction of sp³-hybridized carbons (Fsp3) is 0.600. The first-order valence-electron chi connectivity index (χ1n) is 3.27. The summed E-state index contributed by atoms with van der Waals surface area (Å²) in [6.45, 7) is -0.175. The van der Waals surface area contributed by atoms with Crippen LogP contribution in [-0.4, -0.2) is 22.9 Å². The molecule has 0 radical (unpaired) electrons. The van der Waals surface area contributed by atoms with Crippen LogP contribution in [0.4, 0.5) is 18.3 Å². The second-order valence-corrected chi connectivity index (χ2v) is 4.41. The Balaban J connectivity index is 2.28. The first-order chi connectivity index (χ1) is 5.97. The molecule has 1 aromatic rings. The molecule has 0 saturated heterocycles. The molecular formula is C5H5BrF3N3S. The highest BCUT2D eigenvalue weighted by atomic mass is 79.9. The molecule has 1 rings (SSSR count). The molecule has 0 bridgehead atoms. The maximum absolute atomic E-state index is 11.7. The Morgan fingerprint density at radius 3 is 2.54 bits per heavy atom. The quantitative estimate of drug-likeness (QED) is 0.922. The van der Waals surface area contributed by atoms with Crippen molar-refractivity contribution in [1.82, 2.24) is 10.2 Å². The Morgan fingerprint density at radius 1 is 1.38 bits per heavy atom. The Bertz CT molecular complexity index is 274. The van der Waals surface area contributed by atoms with Crippen molar-refractivity contribution in [2.24, 2.45) is 0 Å². The highest BCUT2D eigenvalue weighted by molar-refractivity contribution is 9.11. The van der Waals surface area contributed by atoms with Gasteiger partial charge in [-0.3, -0.25) is 0 Å². The van der Waals surface area contributed by atoms with Crippen molar-refractivity contribution < 1.29 is 13.2 Å². The minimum Gasteiger partial charge on any atom is -0.360 e. The van der Waals surface area contributed by atoms with Gasteiger partial charge in [0.25, 0.3) is 0 Å². The third kappa shape index (κ3) is 4.41. The van der Waals surface area contributed by atoms with E-state index in [0.29, 0.717) is 9.05 Å². The maximum Gasteiger partial charge on any atom is 0.390 e. The molecule has 0 aliphatic heterocycles. The van der Waals surface area contributed by atoms with Gasteiger partial charge < -0.3 is 5.32 Å². The number of hydrogen-bond donors (Lipinski definition) is 1. The van der Waals surface area contributed by atoms with Crippen LogP contribution in [0.25, 0.3) is 0 Å². The van der Waals surface area contributed by atoms with Gasteiger partial charge in [0.05, 0.1) is 6.42 Å². The molecule has 0 spiro atoms. The van der Waals surface area contributed by atoms with Crippen molar-refractivity contribution in [2.45, 2.75) is 12.6 Å². The second kappa shape index (κ2) is 4.23. The van der Waals surface area contributed by atoms with Crippen molar-refractivity contribution in [3.05, 3.63) is 3.92 Å². The molecule has 1 heterocycles. The van der Waals surface area contributed by atoms with Gasteiger partial charge in [0.2, 0.25) is 5.13 Å². The monoisotopic (exact) mass is 275 g/mol. The van der Waals surface area contributed by atoms with Crippen LogP contribution in [0.5, 0.6) is 0 Å². The lowest BCUT2D eigenvalue weighted by molar-refractivity contribution is -0.131. The van der Waals surface area contributed by atoms with E-state index < -0.39 is 12.6 Å². The molecule has 0 atom stereocenters. The van der Waals surface area contributed by atoms with Crippen LogP contribution < -0.4 is 5.32 Å². The maximum atomic E-state index is 11.7. The van der Waals surface area contributed by atoms with Gasteiger partial charge in [0.15, 0.2) is 3.92 Å². The van der Waals surface area contributed by atoms with Crippen LogP contribution in [0.3, 0.4) is 0 Å². The number of rotatable bonds is 3. The zero-order valence-corrected chi connectivity index (χ0v) is 8.63. The third-order valence-electron chi connectivity index (χ3n) is 1.09. The Kier molecular flexibility index (Phi) is 3.48. The van der Waals surface area contributed by atoms with Gasteiger partial charge in [-0.1, -0.05) is 11.3 Å². The summed E-state index contributed by atoms with van der Waals surface area (Å²) in [7, 11) is 0. The van der Waals surface area contributed by atoms with E-state index in [9.17, 15) is 13.2 Å². The number of hydrogen-bond acceptors (Lipinski definition) is 4. The number of nitrogens with one attached hydrogen (secondary N) is 1. The topological polar surface area (TPSA) is 37.8 Å². The van der Waals surface area contributed by atoms with E-state index in [4.69, 9.17) is 0 Å². The molecule has 0 saturated carbocycles. The SMILES string of the molecule is FC(F)(F)CCNc1nnc(Br)s1. The van der Waals surface area contributed by atoms with Gasteiger partial charge in [-0.25, -0.2) is 0 Å². The molecular weight excluding hydrogens is 271 g/mol. The summed E-state index contributed by atoms with van der Waals surface area (Å²) in [4.78, 5) is 0. The summed E-state index contributed by atoms with van der Waals surface area (Å²) < 4.78 is 35.6. The fourth-order valence-electron chi connectivity index (χ4n) is 0.588. The van der Waals surface area contributed by atoms with Gasteiger partial charge in [0.1, 0.15) is 0 Å². The smallest absolute Gasteiger partial charge is 0.360 e. The van der Waals surface area contributed by atoms with Crippen molar-refractivity contribution >= 4 is 32.4 Å².